The molecule has 0 aromatic rings. The molecule has 3 atom stereocenters. The Morgan fingerprint density at radius 2 is 1.92 bits per heavy atom. The number of primary amides is 1. The minimum Gasteiger partial charge on any atom is -0.423 e. The second kappa shape index (κ2) is 8.59. The van der Waals surface area contributed by atoms with E-state index in [4.69, 9.17) is 10.5 Å². The van der Waals surface area contributed by atoms with Gasteiger partial charge in [0, 0.05) is 12.8 Å². The fourth-order valence-electron chi connectivity index (χ4n) is 4.50. The molecule has 26 heavy (non-hydrogen) atoms. The molecule has 0 aromatic carbocycles. The molecule has 1 aliphatic carbocycles. The Morgan fingerprint density at radius 1 is 1.27 bits per heavy atom. The van der Waals surface area contributed by atoms with Gasteiger partial charge < -0.3 is 10.5 Å². The monoisotopic (exact) mass is 370 g/mol. The van der Waals surface area contributed by atoms with Crippen molar-refractivity contribution in [3.8, 4) is 0 Å². The van der Waals surface area contributed by atoms with Crippen LogP contribution in [-0.2, 0) is 19.1 Å². The predicted molar refractivity (Wildman–Crippen MR) is 89.4 cm³/mol. The van der Waals surface area contributed by atoms with Crippen LogP contribution in [0.5, 0.6) is 0 Å². The van der Waals surface area contributed by atoms with Crippen LogP contribution in [0.3, 0.4) is 0 Å². The Morgan fingerprint density at radius 3 is 2.46 bits per heavy atom. The average molecular weight is 370 g/mol. The van der Waals surface area contributed by atoms with Crippen molar-refractivity contribution in [2.75, 3.05) is 20.2 Å². The van der Waals surface area contributed by atoms with Crippen LogP contribution in [0.2, 0.25) is 0 Å². The summed E-state index contributed by atoms with van der Waals surface area (Å²) in [5.41, 5.74) is 5.46. The predicted octanol–water partition coefficient (Wildman–Crippen LogP) is 0.788. The fraction of sp³-hybridized carbons (Fsp3) is 0.765. The summed E-state index contributed by atoms with van der Waals surface area (Å²) in [4.78, 5) is 48.8. The number of nitrogens with zero attached hydrogens (tertiary/aromatic N) is 2. The van der Waals surface area contributed by atoms with Crippen molar-refractivity contribution in [2.45, 2.75) is 51.0 Å². The van der Waals surface area contributed by atoms with Gasteiger partial charge in [0.2, 0.25) is 6.41 Å². The molecule has 146 valence electrons. The number of likely N-dealkylation sites (tertiary alicyclic amines) is 1. The van der Waals surface area contributed by atoms with E-state index in [1.165, 1.54) is 7.11 Å². The number of hydroxylamine groups is 2. The third-order valence-corrected chi connectivity index (χ3v) is 5.71. The number of carbonyl (C=O) groups is 4. The van der Waals surface area contributed by atoms with Gasteiger partial charge >= 0.3 is 12.0 Å². The standard InChI is InChI=1S/C17H27N3O6/c1-26-17(24)20(8-4-7-14(20)15(18)22)16(23)13(10-19(25)11-21)9-12-5-2-3-6-12/h11-14,25H,2-10H2,1H3,(H-,18,22)/p+1/t13-,14+,20?/m1/s1. The molecule has 2 aliphatic rings. The summed E-state index contributed by atoms with van der Waals surface area (Å²) in [7, 11) is 1.17. The number of amides is 4. The molecule has 0 radical (unpaired) electrons. The molecule has 1 saturated carbocycles. The summed E-state index contributed by atoms with van der Waals surface area (Å²) >= 11 is 0. The highest BCUT2D eigenvalue weighted by molar-refractivity contribution is 5.89. The van der Waals surface area contributed by atoms with Gasteiger partial charge in [0.1, 0.15) is 0 Å². The molecule has 1 heterocycles. The van der Waals surface area contributed by atoms with Gasteiger partial charge in [-0.25, -0.2) is 9.86 Å². The molecule has 9 heteroatoms. The summed E-state index contributed by atoms with van der Waals surface area (Å²) in [6.45, 7) is -0.0892. The largest absolute Gasteiger partial charge is 0.524 e. The van der Waals surface area contributed by atoms with Gasteiger partial charge in [-0.2, -0.15) is 4.79 Å². The third kappa shape index (κ3) is 3.88. The second-order valence-electron chi connectivity index (χ2n) is 7.27. The highest BCUT2D eigenvalue weighted by Gasteiger charge is 2.60. The summed E-state index contributed by atoms with van der Waals surface area (Å²) in [5.74, 6) is -1.72. The maximum atomic E-state index is 13.4. The number of imide groups is 1. The summed E-state index contributed by atoms with van der Waals surface area (Å²) in [6, 6.07) is -0.982. The van der Waals surface area contributed by atoms with Crippen molar-refractivity contribution in [2.24, 2.45) is 17.6 Å². The van der Waals surface area contributed by atoms with E-state index in [0.29, 0.717) is 24.3 Å². The molecule has 0 aromatic heterocycles. The quantitative estimate of drug-likeness (QED) is 0.295. The first kappa shape index (κ1) is 20.3. The minimum absolute atomic E-state index is 0.132. The molecule has 1 aliphatic heterocycles. The van der Waals surface area contributed by atoms with Crippen LogP contribution in [-0.4, -0.2) is 65.3 Å². The van der Waals surface area contributed by atoms with Crippen molar-refractivity contribution >= 4 is 24.3 Å². The number of quaternary nitrogens is 1. The third-order valence-electron chi connectivity index (χ3n) is 5.71. The van der Waals surface area contributed by atoms with E-state index in [2.05, 4.69) is 0 Å². The second-order valence-corrected chi connectivity index (χ2v) is 7.27. The average Bonchev–Trinajstić information content (AvgIpc) is 3.29. The Kier molecular flexibility index (Phi) is 6.71. The van der Waals surface area contributed by atoms with Crippen LogP contribution >= 0.6 is 0 Å². The van der Waals surface area contributed by atoms with Crippen LogP contribution in [0, 0.1) is 11.8 Å². The minimum atomic E-state index is -0.982. The zero-order valence-corrected chi connectivity index (χ0v) is 15.1. The van der Waals surface area contributed by atoms with Crippen LogP contribution in [0.1, 0.15) is 44.9 Å². The van der Waals surface area contributed by atoms with Crippen LogP contribution < -0.4 is 5.73 Å². The molecule has 3 N–H and O–H groups in total. The number of hydrogen-bond donors (Lipinski definition) is 2. The zero-order chi connectivity index (χ0) is 19.3. The van der Waals surface area contributed by atoms with Crippen LogP contribution in [0.25, 0.3) is 0 Å². The van der Waals surface area contributed by atoms with Crippen molar-refractivity contribution < 1.29 is 33.6 Å². The molecule has 0 bridgehead atoms. The van der Waals surface area contributed by atoms with E-state index in [1.807, 2.05) is 0 Å². The Hall–Kier alpha value is -2.00. The molecule has 0 spiro atoms. The summed E-state index contributed by atoms with van der Waals surface area (Å²) in [5, 5.41) is 10.1. The lowest BCUT2D eigenvalue weighted by molar-refractivity contribution is -0.787. The molecular formula is C17H28N3O6+. The van der Waals surface area contributed by atoms with Crippen LogP contribution in [0.4, 0.5) is 4.79 Å². The lowest BCUT2D eigenvalue weighted by atomic mass is 9.91. The van der Waals surface area contributed by atoms with Gasteiger partial charge in [0.05, 0.1) is 26.1 Å². The first-order valence-corrected chi connectivity index (χ1v) is 9.07. The Bertz CT molecular complexity index is 563. The maximum absolute atomic E-state index is 13.4. The molecule has 4 amide bonds. The summed E-state index contributed by atoms with van der Waals surface area (Å²) in [6.07, 6.45) is 4.75. The van der Waals surface area contributed by atoms with Gasteiger partial charge in [-0.3, -0.25) is 14.8 Å². The molecular weight excluding hydrogens is 342 g/mol. The van der Waals surface area contributed by atoms with Gasteiger partial charge in [0.15, 0.2) is 6.04 Å². The van der Waals surface area contributed by atoms with Crippen molar-refractivity contribution in [1.82, 2.24) is 5.06 Å². The van der Waals surface area contributed by atoms with E-state index < -0.39 is 34.4 Å². The van der Waals surface area contributed by atoms with Crippen molar-refractivity contribution in [1.29, 1.82) is 0 Å². The molecule has 9 nitrogen and oxygen atoms in total. The van der Waals surface area contributed by atoms with Gasteiger partial charge in [0.25, 0.3) is 5.91 Å². The van der Waals surface area contributed by atoms with E-state index in [-0.39, 0.29) is 25.4 Å². The highest BCUT2D eigenvalue weighted by Crippen LogP contribution is 2.36. The number of rotatable bonds is 7. The van der Waals surface area contributed by atoms with Gasteiger partial charge in [-0.05, 0) is 12.3 Å². The number of methoxy groups -OCH3 is 1. The van der Waals surface area contributed by atoms with Crippen LogP contribution in [0.15, 0.2) is 0 Å². The number of nitrogens with two attached hydrogens (primary N) is 1. The molecule has 2 rings (SSSR count). The first-order valence-electron chi connectivity index (χ1n) is 9.07. The van der Waals surface area contributed by atoms with Gasteiger partial charge in [-0.1, -0.05) is 25.7 Å². The molecule has 1 unspecified atom stereocenters. The normalized spacial score (nSPS) is 27.1. The first-order chi connectivity index (χ1) is 12.4. The number of ether oxygens (including phenoxy) is 1. The van der Waals surface area contributed by atoms with E-state index >= 15 is 0 Å². The molecule has 1 saturated heterocycles. The fourth-order valence-corrected chi connectivity index (χ4v) is 4.50. The number of carbonyl (C=O) groups excluding carboxylic acids is 4. The Balaban J connectivity index is 2.35. The Labute approximate surface area is 152 Å². The highest BCUT2D eigenvalue weighted by atomic mass is 16.5. The SMILES string of the molecule is COC(=O)[N+]1(C(=O)[C@H](CC2CCCC2)CN(O)C=O)CCC[C@H]1C(N)=O. The topological polar surface area (TPSA) is 127 Å². The van der Waals surface area contributed by atoms with Crippen molar-refractivity contribution in [3.05, 3.63) is 0 Å². The van der Waals surface area contributed by atoms with E-state index in [0.717, 1.165) is 25.7 Å². The number of hydrogen-bond acceptors (Lipinski definition) is 6. The smallest absolute Gasteiger partial charge is 0.423 e. The maximum Gasteiger partial charge on any atom is 0.524 e. The van der Waals surface area contributed by atoms with E-state index in [1.54, 1.807) is 0 Å². The van der Waals surface area contributed by atoms with E-state index in [9.17, 15) is 24.4 Å². The lowest BCUT2D eigenvalue weighted by Gasteiger charge is -2.34. The van der Waals surface area contributed by atoms with Gasteiger partial charge in [-0.15, -0.1) is 4.48 Å². The van der Waals surface area contributed by atoms with Crippen molar-refractivity contribution in [3.63, 3.8) is 0 Å². The zero-order valence-electron chi connectivity index (χ0n) is 15.1. The molecule has 2 fully saturated rings. The lowest BCUT2D eigenvalue weighted by Crippen LogP contribution is -2.65. The summed E-state index contributed by atoms with van der Waals surface area (Å²) < 4.78 is 4.07.